The summed E-state index contributed by atoms with van der Waals surface area (Å²) in [5.41, 5.74) is 2.05. The molecule has 0 aliphatic rings. The number of rotatable bonds is 8. The molecule has 0 N–H and O–H groups in total. The van der Waals surface area contributed by atoms with Gasteiger partial charge in [0.1, 0.15) is 12.3 Å². The summed E-state index contributed by atoms with van der Waals surface area (Å²) < 4.78 is 33.3. The summed E-state index contributed by atoms with van der Waals surface area (Å²) in [5.74, 6) is 0.0202. The Bertz CT molecular complexity index is 1230. The molecule has 0 atom stereocenters. The Balaban J connectivity index is 1.94. The number of likely N-dealkylation sites (N-methyl/N-ethyl adjacent to an activating group) is 1. The summed E-state index contributed by atoms with van der Waals surface area (Å²) in [6.45, 7) is 1.77. The Kier molecular flexibility index (Phi) is 7.89. The highest BCUT2D eigenvalue weighted by Crippen LogP contribution is 2.32. The average molecular weight is 507 g/mol. The topological polar surface area (TPSA) is 66.9 Å². The van der Waals surface area contributed by atoms with Gasteiger partial charge < -0.3 is 9.64 Å². The molecule has 0 spiro atoms. The van der Waals surface area contributed by atoms with E-state index in [9.17, 15) is 13.2 Å². The summed E-state index contributed by atoms with van der Waals surface area (Å²) >= 11 is 12.2. The van der Waals surface area contributed by atoms with E-state index in [2.05, 4.69) is 0 Å². The molecular formula is C24H24Cl2N2O4S. The summed E-state index contributed by atoms with van der Waals surface area (Å²) in [4.78, 5) is 14.6. The Morgan fingerprint density at radius 1 is 0.970 bits per heavy atom. The van der Waals surface area contributed by atoms with E-state index in [0.29, 0.717) is 17.3 Å². The van der Waals surface area contributed by atoms with Crippen LogP contribution in [0.15, 0.2) is 71.6 Å². The third-order valence-corrected chi connectivity index (χ3v) is 7.41. The van der Waals surface area contributed by atoms with Crippen LogP contribution in [0.4, 0.5) is 5.69 Å². The van der Waals surface area contributed by atoms with Gasteiger partial charge in [0.25, 0.3) is 10.0 Å². The number of benzene rings is 3. The molecule has 0 aliphatic heterocycles. The number of carbonyl (C=O) groups is 1. The van der Waals surface area contributed by atoms with Crippen molar-refractivity contribution in [1.29, 1.82) is 0 Å². The zero-order valence-corrected chi connectivity index (χ0v) is 20.8. The molecule has 0 radical (unpaired) electrons. The molecule has 0 saturated heterocycles. The van der Waals surface area contributed by atoms with E-state index < -0.39 is 16.6 Å². The minimum Gasteiger partial charge on any atom is -0.495 e. The number of hydrogen-bond donors (Lipinski definition) is 0. The van der Waals surface area contributed by atoms with Crippen molar-refractivity contribution in [3.8, 4) is 5.75 Å². The molecule has 0 unspecified atom stereocenters. The highest BCUT2D eigenvalue weighted by molar-refractivity contribution is 7.92. The second-order valence-corrected chi connectivity index (χ2v) is 10.2. The Morgan fingerprint density at radius 2 is 1.61 bits per heavy atom. The van der Waals surface area contributed by atoms with E-state index in [4.69, 9.17) is 27.9 Å². The van der Waals surface area contributed by atoms with Crippen LogP contribution in [-0.4, -0.2) is 39.9 Å². The molecule has 9 heteroatoms. The van der Waals surface area contributed by atoms with Crippen molar-refractivity contribution < 1.29 is 17.9 Å². The maximum absolute atomic E-state index is 13.5. The van der Waals surface area contributed by atoms with Crippen LogP contribution in [-0.2, 0) is 21.4 Å². The number of ether oxygens (including phenoxy) is 1. The van der Waals surface area contributed by atoms with Crippen molar-refractivity contribution in [2.45, 2.75) is 18.4 Å². The van der Waals surface area contributed by atoms with Gasteiger partial charge in [-0.15, -0.1) is 0 Å². The monoisotopic (exact) mass is 506 g/mol. The van der Waals surface area contributed by atoms with Crippen LogP contribution in [0.25, 0.3) is 0 Å². The number of sulfonamides is 1. The number of hydrogen-bond acceptors (Lipinski definition) is 4. The predicted octanol–water partition coefficient (Wildman–Crippen LogP) is 5.16. The van der Waals surface area contributed by atoms with Crippen molar-refractivity contribution in [3.63, 3.8) is 0 Å². The van der Waals surface area contributed by atoms with Crippen LogP contribution >= 0.6 is 23.2 Å². The molecule has 3 aromatic rings. The van der Waals surface area contributed by atoms with Gasteiger partial charge in [0.15, 0.2) is 0 Å². The molecule has 3 rings (SSSR count). The van der Waals surface area contributed by atoms with Crippen LogP contribution < -0.4 is 9.04 Å². The van der Waals surface area contributed by atoms with Gasteiger partial charge in [-0.2, -0.15) is 0 Å². The Labute approximate surface area is 204 Å². The number of amides is 1. The number of halogens is 2. The minimum absolute atomic E-state index is 0.0770. The lowest BCUT2D eigenvalue weighted by Crippen LogP contribution is -2.41. The van der Waals surface area contributed by atoms with E-state index in [0.717, 1.165) is 15.4 Å². The number of nitrogens with zero attached hydrogens (tertiary/aromatic N) is 2. The van der Waals surface area contributed by atoms with Gasteiger partial charge in [0.05, 0.1) is 22.7 Å². The highest BCUT2D eigenvalue weighted by atomic mass is 35.5. The first-order valence-electron chi connectivity index (χ1n) is 10.0. The van der Waals surface area contributed by atoms with E-state index in [1.54, 1.807) is 43.4 Å². The molecule has 0 bridgehead atoms. The first-order chi connectivity index (χ1) is 15.6. The third-order valence-electron chi connectivity index (χ3n) is 5.07. The standard InChI is InChI=1S/C24H24Cl2N2O4S/c1-17-4-11-21(12-5-17)33(30,31)28(20-10-13-23(32-3)22(26)14-20)16-24(29)27(2)15-18-6-8-19(25)9-7-18/h4-14H,15-16H2,1-3H3. The molecule has 0 fully saturated rings. The van der Waals surface area contributed by atoms with Gasteiger partial charge in [0, 0.05) is 18.6 Å². The van der Waals surface area contributed by atoms with Crippen LogP contribution in [0, 0.1) is 6.92 Å². The summed E-state index contributed by atoms with van der Waals surface area (Å²) in [6, 6.07) is 18.2. The summed E-state index contributed by atoms with van der Waals surface area (Å²) in [7, 11) is -0.956. The number of aryl methyl sites for hydroxylation is 1. The zero-order chi connectivity index (χ0) is 24.2. The third kappa shape index (κ3) is 5.99. The van der Waals surface area contributed by atoms with Crippen LogP contribution in [0.3, 0.4) is 0 Å². The Hall–Kier alpha value is -2.74. The SMILES string of the molecule is COc1ccc(N(CC(=O)N(C)Cc2ccc(Cl)cc2)S(=O)(=O)c2ccc(C)cc2)cc1Cl. The van der Waals surface area contributed by atoms with Crippen molar-refractivity contribution in [1.82, 2.24) is 4.90 Å². The molecule has 33 heavy (non-hydrogen) atoms. The van der Waals surface area contributed by atoms with Crippen LogP contribution in [0.1, 0.15) is 11.1 Å². The molecule has 0 aromatic heterocycles. The molecule has 174 valence electrons. The average Bonchev–Trinajstić information content (AvgIpc) is 2.79. The lowest BCUT2D eigenvalue weighted by atomic mass is 10.2. The van der Waals surface area contributed by atoms with E-state index in [-0.39, 0.29) is 21.5 Å². The molecule has 6 nitrogen and oxygen atoms in total. The fourth-order valence-corrected chi connectivity index (χ4v) is 4.94. The van der Waals surface area contributed by atoms with E-state index in [1.165, 1.54) is 30.2 Å². The number of carbonyl (C=O) groups excluding carboxylic acids is 1. The normalized spacial score (nSPS) is 11.2. The number of methoxy groups -OCH3 is 1. The van der Waals surface area contributed by atoms with Crippen molar-refractivity contribution >= 4 is 44.8 Å². The maximum atomic E-state index is 13.5. The van der Waals surface area contributed by atoms with E-state index >= 15 is 0 Å². The Morgan fingerprint density at radius 3 is 2.18 bits per heavy atom. The van der Waals surface area contributed by atoms with Gasteiger partial charge in [-0.25, -0.2) is 8.42 Å². The molecule has 0 aliphatic carbocycles. The van der Waals surface area contributed by atoms with Gasteiger partial charge in [-0.3, -0.25) is 9.10 Å². The minimum atomic E-state index is -4.05. The number of anilines is 1. The predicted molar refractivity (Wildman–Crippen MR) is 132 cm³/mol. The fourth-order valence-electron chi connectivity index (χ4n) is 3.16. The smallest absolute Gasteiger partial charge is 0.264 e. The second-order valence-electron chi connectivity index (χ2n) is 7.52. The van der Waals surface area contributed by atoms with Crippen molar-refractivity contribution in [2.24, 2.45) is 0 Å². The lowest BCUT2D eigenvalue weighted by molar-refractivity contribution is -0.128. The van der Waals surface area contributed by atoms with Gasteiger partial charge in [0.2, 0.25) is 5.91 Å². The van der Waals surface area contributed by atoms with E-state index in [1.807, 2.05) is 19.1 Å². The molecule has 1 amide bonds. The van der Waals surface area contributed by atoms with Crippen LogP contribution in [0.5, 0.6) is 5.75 Å². The molecule has 3 aromatic carbocycles. The largest absolute Gasteiger partial charge is 0.495 e. The second kappa shape index (κ2) is 10.5. The molecule has 0 heterocycles. The van der Waals surface area contributed by atoms with Gasteiger partial charge in [-0.1, -0.05) is 53.0 Å². The fraction of sp³-hybridized carbons (Fsp3) is 0.208. The van der Waals surface area contributed by atoms with Crippen molar-refractivity contribution in [2.75, 3.05) is 25.0 Å². The quantitative estimate of drug-likeness (QED) is 0.422. The van der Waals surface area contributed by atoms with Gasteiger partial charge in [-0.05, 0) is 55.0 Å². The lowest BCUT2D eigenvalue weighted by Gasteiger charge is -2.27. The first kappa shape index (κ1) is 24.9. The molecule has 0 saturated carbocycles. The van der Waals surface area contributed by atoms with Gasteiger partial charge >= 0.3 is 0 Å². The summed E-state index contributed by atoms with van der Waals surface area (Å²) in [6.07, 6.45) is 0. The van der Waals surface area contributed by atoms with Crippen molar-refractivity contribution in [3.05, 3.63) is 87.9 Å². The summed E-state index contributed by atoms with van der Waals surface area (Å²) in [5, 5.41) is 0.834. The first-order valence-corrected chi connectivity index (χ1v) is 12.2. The highest BCUT2D eigenvalue weighted by Gasteiger charge is 2.29. The molecular weight excluding hydrogens is 483 g/mol. The zero-order valence-electron chi connectivity index (χ0n) is 18.5. The maximum Gasteiger partial charge on any atom is 0.264 e. The van der Waals surface area contributed by atoms with Crippen LogP contribution in [0.2, 0.25) is 10.0 Å².